The van der Waals surface area contributed by atoms with Crippen LogP contribution in [-0.4, -0.2) is 26.3 Å². The summed E-state index contributed by atoms with van der Waals surface area (Å²) >= 11 is 5.85. The van der Waals surface area contributed by atoms with Gasteiger partial charge in [0.05, 0.1) is 6.10 Å². The van der Waals surface area contributed by atoms with Crippen LogP contribution in [0.4, 0.5) is 5.69 Å². The molecule has 0 radical (unpaired) electrons. The van der Waals surface area contributed by atoms with Gasteiger partial charge in [0.1, 0.15) is 0 Å². The average molecular weight is 254 g/mol. The molecule has 17 heavy (non-hydrogen) atoms. The maximum Gasteiger partial charge on any atom is 0.0746 e. The van der Waals surface area contributed by atoms with Crippen LogP contribution in [0, 0.1) is 6.92 Å². The smallest absolute Gasteiger partial charge is 0.0746 e. The number of rotatable bonds is 3. The van der Waals surface area contributed by atoms with Gasteiger partial charge < -0.3 is 9.64 Å². The predicted molar refractivity (Wildman–Crippen MR) is 73.0 cm³/mol. The second kappa shape index (κ2) is 5.74. The number of piperidine rings is 1. The molecule has 2 nitrogen and oxygen atoms in total. The van der Waals surface area contributed by atoms with Crippen LogP contribution in [0.5, 0.6) is 0 Å². The normalized spacial score (nSPS) is 20.6. The van der Waals surface area contributed by atoms with Gasteiger partial charge in [0.25, 0.3) is 0 Å². The van der Waals surface area contributed by atoms with Gasteiger partial charge >= 0.3 is 0 Å². The number of hydrogen-bond donors (Lipinski definition) is 0. The number of halogens is 1. The molecule has 0 bridgehead atoms. The SMILES string of the molecule is COC1CCCN(c2ccc(CCl)cc2C)C1. The van der Waals surface area contributed by atoms with Crippen LogP contribution in [0.25, 0.3) is 0 Å². The van der Waals surface area contributed by atoms with Gasteiger partial charge in [0, 0.05) is 31.8 Å². The van der Waals surface area contributed by atoms with Gasteiger partial charge in [0.2, 0.25) is 0 Å². The first-order valence-corrected chi connectivity index (χ1v) is 6.71. The van der Waals surface area contributed by atoms with Crippen molar-refractivity contribution in [2.24, 2.45) is 0 Å². The summed E-state index contributed by atoms with van der Waals surface area (Å²) in [5, 5.41) is 0. The number of benzene rings is 1. The van der Waals surface area contributed by atoms with Gasteiger partial charge in [-0.05, 0) is 37.0 Å². The summed E-state index contributed by atoms with van der Waals surface area (Å²) in [7, 11) is 1.80. The molecule has 94 valence electrons. The second-order valence-corrected chi connectivity index (χ2v) is 4.97. The Kier molecular flexibility index (Phi) is 4.30. The second-order valence-electron chi connectivity index (χ2n) is 4.70. The highest BCUT2D eigenvalue weighted by Crippen LogP contribution is 2.25. The fourth-order valence-electron chi connectivity index (χ4n) is 2.50. The highest BCUT2D eigenvalue weighted by molar-refractivity contribution is 6.17. The van der Waals surface area contributed by atoms with Crippen molar-refractivity contribution in [3.8, 4) is 0 Å². The van der Waals surface area contributed by atoms with E-state index in [0.29, 0.717) is 12.0 Å². The predicted octanol–water partition coefficient (Wildman–Crippen LogP) is 3.35. The van der Waals surface area contributed by atoms with E-state index in [1.807, 2.05) is 0 Å². The minimum Gasteiger partial charge on any atom is -0.380 e. The summed E-state index contributed by atoms with van der Waals surface area (Å²) in [6.45, 7) is 4.28. The lowest BCUT2D eigenvalue weighted by atomic mass is 10.0. The maximum atomic E-state index is 5.85. The minimum absolute atomic E-state index is 0.371. The van der Waals surface area contributed by atoms with Crippen LogP contribution < -0.4 is 4.90 Å². The standard InChI is InChI=1S/C14H20ClNO/c1-11-8-12(9-15)5-6-14(11)16-7-3-4-13(10-16)17-2/h5-6,8,13H,3-4,7,9-10H2,1-2H3. The zero-order chi connectivity index (χ0) is 12.3. The van der Waals surface area contributed by atoms with Crippen molar-refractivity contribution in [3.63, 3.8) is 0 Å². The molecular formula is C14H20ClNO. The molecule has 0 amide bonds. The number of nitrogens with zero attached hydrogens (tertiary/aromatic N) is 1. The van der Waals surface area contributed by atoms with Gasteiger partial charge in [-0.15, -0.1) is 11.6 Å². The summed E-state index contributed by atoms with van der Waals surface area (Å²) in [4.78, 5) is 2.42. The Labute approximate surface area is 109 Å². The summed E-state index contributed by atoms with van der Waals surface area (Å²) in [6, 6.07) is 6.48. The number of methoxy groups -OCH3 is 1. The summed E-state index contributed by atoms with van der Waals surface area (Å²) in [5.41, 5.74) is 3.81. The molecule has 0 N–H and O–H groups in total. The van der Waals surface area contributed by atoms with E-state index < -0.39 is 0 Å². The van der Waals surface area contributed by atoms with Crippen molar-refractivity contribution in [2.45, 2.75) is 31.7 Å². The van der Waals surface area contributed by atoms with E-state index in [0.717, 1.165) is 13.1 Å². The topological polar surface area (TPSA) is 12.5 Å². The van der Waals surface area contributed by atoms with Crippen LogP contribution in [0.2, 0.25) is 0 Å². The Morgan fingerprint density at radius 1 is 1.47 bits per heavy atom. The van der Waals surface area contributed by atoms with E-state index in [-0.39, 0.29) is 0 Å². The zero-order valence-corrected chi connectivity index (χ0v) is 11.3. The molecule has 1 fully saturated rings. The number of hydrogen-bond acceptors (Lipinski definition) is 2. The molecule has 0 saturated carbocycles. The van der Waals surface area contributed by atoms with E-state index in [9.17, 15) is 0 Å². The molecular weight excluding hydrogens is 234 g/mol. The number of ether oxygens (including phenoxy) is 1. The lowest BCUT2D eigenvalue weighted by Gasteiger charge is -2.34. The number of aryl methyl sites for hydroxylation is 1. The van der Waals surface area contributed by atoms with Crippen LogP contribution in [-0.2, 0) is 10.6 Å². The Bertz CT molecular complexity index is 380. The van der Waals surface area contributed by atoms with Crippen LogP contribution >= 0.6 is 11.6 Å². The molecule has 1 aliphatic rings. The van der Waals surface area contributed by atoms with Crippen LogP contribution in [0.3, 0.4) is 0 Å². The van der Waals surface area contributed by atoms with Crippen molar-refractivity contribution in [3.05, 3.63) is 29.3 Å². The quantitative estimate of drug-likeness (QED) is 0.766. The molecule has 1 unspecified atom stereocenters. The first-order chi connectivity index (χ1) is 8.24. The van der Waals surface area contributed by atoms with Gasteiger partial charge in [-0.1, -0.05) is 12.1 Å². The van der Waals surface area contributed by atoms with Crippen molar-refractivity contribution >= 4 is 17.3 Å². The van der Waals surface area contributed by atoms with Crippen molar-refractivity contribution in [2.75, 3.05) is 25.1 Å². The molecule has 0 aromatic heterocycles. The van der Waals surface area contributed by atoms with Crippen molar-refractivity contribution < 1.29 is 4.74 Å². The third-order valence-electron chi connectivity index (χ3n) is 3.47. The minimum atomic E-state index is 0.371. The monoisotopic (exact) mass is 253 g/mol. The molecule has 2 rings (SSSR count). The average Bonchev–Trinajstić information content (AvgIpc) is 2.38. The van der Waals surface area contributed by atoms with E-state index in [1.54, 1.807) is 7.11 Å². The molecule has 1 heterocycles. The van der Waals surface area contributed by atoms with E-state index in [2.05, 4.69) is 30.0 Å². The number of alkyl halides is 1. The summed E-state index contributed by atoms with van der Waals surface area (Å²) in [6.07, 6.45) is 2.75. The van der Waals surface area contributed by atoms with Crippen molar-refractivity contribution in [1.29, 1.82) is 0 Å². The van der Waals surface area contributed by atoms with Crippen LogP contribution in [0.1, 0.15) is 24.0 Å². The molecule has 1 atom stereocenters. The highest BCUT2D eigenvalue weighted by atomic mass is 35.5. The summed E-state index contributed by atoms with van der Waals surface area (Å²) < 4.78 is 5.46. The first kappa shape index (κ1) is 12.7. The van der Waals surface area contributed by atoms with Gasteiger partial charge in [-0.25, -0.2) is 0 Å². The third-order valence-corrected chi connectivity index (χ3v) is 3.78. The maximum absolute atomic E-state index is 5.85. The number of anilines is 1. The van der Waals surface area contributed by atoms with Gasteiger partial charge in [0.15, 0.2) is 0 Å². The van der Waals surface area contributed by atoms with Crippen molar-refractivity contribution in [1.82, 2.24) is 0 Å². The molecule has 1 aromatic carbocycles. The van der Waals surface area contributed by atoms with Gasteiger partial charge in [-0.3, -0.25) is 0 Å². The largest absolute Gasteiger partial charge is 0.380 e. The van der Waals surface area contributed by atoms with E-state index >= 15 is 0 Å². The Morgan fingerprint density at radius 2 is 2.29 bits per heavy atom. The molecule has 0 aliphatic carbocycles. The molecule has 1 aromatic rings. The van der Waals surface area contributed by atoms with E-state index in [4.69, 9.17) is 16.3 Å². The highest BCUT2D eigenvalue weighted by Gasteiger charge is 2.20. The lowest BCUT2D eigenvalue weighted by molar-refractivity contribution is 0.0893. The molecule has 1 saturated heterocycles. The fourth-order valence-corrected chi connectivity index (χ4v) is 2.67. The zero-order valence-electron chi connectivity index (χ0n) is 10.6. The Hall–Kier alpha value is -0.730. The van der Waals surface area contributed by atoms with Gasteiger partial charge in [-0.2, -0.15) is 0 Å². The lowest BCUT2D eigenvalue weighted by Crippen LogP contribution is -2.39. The Balaban J connectivity index is 2.16. The molecule has 1 aliphatic heterocycles. The third kappa shape index (κ3) is 2.93. The molecule has 3 heteroatoms. The Morgan fingerprint density at radius 3 is 2.94 bits per heavy atom. The first-order valence-electron chi connectivity index (χ1n) is 6.18. The van der Waals surface area contributed by atoms with Crippen LogP contribution in [0.15, 0.2) is 18.2 Å². The van der Waals surface area contributed by atoms with E-state index in [1.165, 1.54) is 29.7 Å². The molecule has 0 spiro atoms. The summed E-state index contributed by atoms with van der Waals surface area (Å²) in [5.74, 6) is 0.585. The fraction of sp³-hybridized carbons (Fsp3) is 0.571.